The summed E-state index contributed by atoms with van der Waals surface area (Å²) in [5.41, 5.74) is 0.908. The van der Waals surface area contributed by atoms with Gasteiger partial charge in [0, 0.05) is 12.6 Å². The normalized spacial score (nSPS) is 11.1. The molecule has 0 aliphatic carbocycles. The number of hydrogen-bond acceptors (Lipinski definition) is 5. The van der Waals surface area contributed by atoms with Crippen LogP contribution in [0.2, 0.25) is 0 Å². The highest BCUT2D eigenvalue weighted by Crippen LogP contribution is 2.28. The Labute approximate surface area is 109 Å². The molecule has 0 aromatic carbocycles. The molecule has 18 heavy (non-hydrogen) atoms. The zero-order chi connectivity index (χ0) is 13.1. The summed E-state index contributed by atoms with van der Waals surface area (Å²) in [6.45, 7) is 4.52. The second-order valence-electron chi connectivity index (χ2n) is 4.26. The molecular formula is C12H15N3O2S. The number of aromatic nitrogens is 2. The van der Waals surface area contributed by atoms with E-state index < -0.39 is 5.97 Å². The molecule has 0 atom stereocenters. The van der Waals surface area contributed by atoms with Crippen molar-refractivity contribution in [2.24, 2.45) is 0 Å². The van der Waals surface area contributed by atoms with Crippen molar-refractivity contribution in [2.75, 3.05) is 11.4 Å². The van der Waals surface area contributed by atoms with Gasteiger partial charge >= 0.3 is 5.97 Å². The highest BCUT2D eigenvalue weighted by Gasteiger charge is 2.17. The van der Waals surface area contributed by atoms with E-state index in [0.717, 1.165) is 16.0 Å². The van der Waals surface area contributed by atoms with E-state index in [-0.39, 0.29) is 12.5 Å². The molecule has 0 saturated heterocycles. The molecule has 6 heteroatoms. The van der Waals surface area contributed by atoms with E-state index in [1.165, 1.54) is 6.33 Å². The maximum atomic E-state index is 10.7. The molecule has 0 amide bonds. The first-order valence-electron chi connectivity index (χ1n) is 5.76. The SMILES string of the molecule is CC(C)N(CCC(=O)O)c1ncnc2ccsc12. The predicted molar refractivity (Wildman–Crippen MR) is 72.1 cm³/mol. The first-order chi connectivity index (χ1) is 8.59. The molecule has 0 unspecified atom stereocenters. The monoisotopic (exact) mass is 265 g/mol. The summed E-state index contributed by atoms with van der Waals surface area (Å²) in [7, 11) is 0. The van der Waals surface area contributed by atoms with Crippen LogP contribution in [-0.4, -0.2) is 33.6 Å². The van der Waals surface area contributed by atoms with Crippen LogP contribution >= 0.6 is 11.3 Å². The van der Waals surface area contributed by atoms with Gasteiger partial charge in [-0.05, 0) is 25.3 Å². The molecule has 5 nitrogen and oxygen atoms in total. The summed E-state index contributed by atoms with van der Waals surface area (Å²) < 4.78 is 1.01. The Morgan fingerprint density at radius 3 is 2.94 bits per heavy atom. The third-order valence-corrected chi connectivity index (χ3v) is 3.59. The average Bonchev–Trinajstić information content (AvgIpc) is 2.77. The van der Waals surface area contributed by atoms with Crippen LogP contribution in [0.1, 0.15) is 20.3 Å². The third kappa shape index (κ3) is 2.59. The number of fused-ring (bicyclic) bond motifs is 1. The lowest BCUT2D eigenvalue weighted by Gasteiger charge is -2.27. The summed E-state index contributed by atoms with van der Waals surface area (Å²) in [5, 5.41) is 10.8. The van der Waals surface area contributed by atoms with Gasteiger partial charge in [0.2, 0.25) is 0 Å². The highest BCUT2D eigenvalue weighted by molar-refractivity contribution is 7.17. The smallest absolute Gasteiger partial charge is 0.305 e. The minimum atomic E-state index is -0.794. The van der Waals surface area contributed by atoms with E-state index in [4.69, 9.17) is 5.11 Å². The number of rotatable bonds is 5. The molecule has 2 aromatic heterocycles. The van der Waals surface area contributed by atoms with Crippen LogP contribution in [-0.2, 0) is 4.79 Å². The van der Waals surface area contributed by atoms with E-state index in [0.29, 0.717) is 6.54 Å². The summed E-state index contributed by atoms with van der Waals surface area (Å²) in [4.78, 5) is 21.2. The summed E-state index contributed by atoms with van der Waals surface area (Å²) >= 11 is 1.58. The number of nitrogens with zero attached hydrogens (tertiary/aromatic N) is 3. The van der Waals surface area contributed by atoms with Gasteiger partial charge in [-0.3, -0.25) is 4.79 Å². The van der Waals surface area contributed by atoms with Gasteiger partial charge in [0.05, 0.1) is 16.6 Å². The van der Waals surface area contributed by atoms with E-state index in [1.54, 1.807) is 11.3 Å². The maximum absolute atomic E-state index is 10.7. The topological polar surface area (TPSA) is 66.3 Å². The van der Waals surface area contributed by atoms with Crippen LogP contribution in [0.5, 0.6) is 0 Å². The van der Waals surface area contributed by atoms with Crippen molar-refractivity contribution in [3.8, 4) is 0 Å². The fraction of sp³-hybridized carbons (Fsp3) is 0.417. The zero-order valence-corrected chi connectivity index (χ0v) is 11.1. The third-order valence-electron chi connectivity index (χ3n) is 2.69. The van der Waals surface area contributed by atoms with Crippen LogP contribution in [0.25, 0.3) is 10.2 Å². The van der Waals surface area contributed by atoms with Crippen molar-refractivity contribution in [3.63, 3.8) is 0 Å². The minimum absolute atomic E-state index is 0.106. The Kier molecular flexibility index (Phi) is 3.76. The Hall–Kier alpha value is -1.69. The molecule has 0 spiro atoms. The van der Waals surface area contributed by atoms with Crippen LogP contribution in [0.15, 0.2) is 17.8 Å². The molecule has 0 aliphatic heterocycles. The van der Waals surface area contributed by atoms with Gasteiger partial charge in [-0.1, -0.05) is 0 Å². The number of carboxylic acids is 1. The van der Waals surface area contributed by atoms with E-state index in [2.05, 4.69) is 9.97 Å². The molecule has 2 rings (SSSR count). The Balaban J connectivity index is 2.35. The van der Waals surface area contributed by atoms with E-state index >= 15 is 0 Å². The Morgan fingerprint density at radius 2 is 2.28 bits per heavy atom. The number of anilines is 1. The van der Waals surface area contributed by atoms with Gasteiger partial charge in [-0.15, -0.1) is 11.3 Å². The molecular weight excluding hydrogens is 250 g/mol. The molecule has 2 aromatic rings. The number of carbonyl (C=O) groups is 1. The first kappa shape index (κ1) is 12.8. The second-order valence-corrected chi connectivity index (χ2v) is 5.18. The largest absolute Gasteiger partial charge is 0.481 e. The zero-order valence-electron chi connectivity index (χ0n) is 10.3. The highest BCUT2D eigenvalue weighted by atomic mass is 32.1. The lowest BCUT2D eigenvalue weighted by Crippen LogP contribution is -2.33. The Morgan fingerprint density at radius 1 is 1.50 bits per heavy atom. The van der Waals surface area contributed by atoms with Crippen molar-refractivity contribution in [1.29, 1.82) is 0 Å². The standard InChI is InChI=1S/C12H15N3O2S/c1-8(2)15(5-3-10(16)17)12-11-9(4-6-18-11)13-7-14-12/h4,6-8H,3,5H2,1-2H3,(H,16,17). The van der Waals surface area contributed by atoms with Crippen LogP contribution in [0.4, 0.5) is 5.82 Å². The lowest BCUT2D eigenvalue weighted by molar-refractivity contribution is -0.136. The van der Waals surface area contributed by atoms with E-state index in [9.17, 15) is 4.79 Å². The molecule has 1 N–H and O–H groups in total. The summed E-state index contributed by atoms with van der Waals surface area (Å²) in [6, 6.07) is 2.14. The minimum Gasteiger partial charge on any atom is -0.481 e. The van der Waals surface area contributed by atoms with Crippen molar-refractivity contribution in [2.45, 2.75) is 26.3 Å². The fourth-order valence-electron chi connectivity index (χ4n) is 1.81. The van der Waals surface area contributed by atoms with Gasteiger partial charge in [-0.25, -0.2) is 9.97 Å². The number of hydrogen-bond donors (Lipinski definition) is 1. The van der Waals surface area contributed by atoms with Crippen molar-refractivity contribution < 1.29 is 9.90 Å². The van der Waals surface area contributed by atoms with Crippen molar-refractivity contribution in [3.05, 3.63) is 17.8 Å². The van der Waals surface area contributed by atoms with Crippen molar-refractivity contribution in [1.82, 2.24) is 9.97 Å². The molecule has 0 saturated carbocycles. The lowest BCUT2D eigenvalue weighted by atomic mass is 10.2. The fourth-order valence-corrected chi connectivity index (χ4v) is 2.66. The predicted octanol–water partition coefficient (Wildman–Crippen LogP) is 2.38. The van der Waals surface area contributed by atoms with Gasteiger partial charge < -0.3 is 10.0 Å². The Bertz CT molecular complexity index is 553. The van der Waals surface area contributed by atoms with Crippen LogP contribution in [0.3, 0.4) is 0 Å². The number of carboxylic acid groups (broad SMARTS) is 1. The second kappa shape index (κ2) is 5.30. The van der Waals surface area contributed by atoms with Gasteiger partial charge in [-0.2, -0.15) is 0 Å². The molecule has 0 radical (unpaired) electrons. The van der Waals surface area contributed by atoms with Gasteiger partial charge in [0.15, 0.2) is 0 Å². The van der Waals surface area contributed by atoms with Crippen molar-refractivity contribution >= 4 is 33.3 Å². The van der Waals surface area contributed by atoms with Gasteiger partial charge in [0.25, 0.3) is 0 Å². The molecule has 2 heterocycles. The number of thiophene rings is 1. The van der Waals surface area contributed by atoms with Crippen LogP contribution in [0, 0.1) is 0 Å². The summed E-state index contributed by atoms with van der Waals surface area (Å²) in [6.07, 6.45) is 1.63. The molecule has 0 bridgehead atoms. The van der Waals surface area contributed by atoms with Gasteiger partial charge in [0.1, 0.15) is 12.1 Å². The first-order valence-corrected chi connectivity index (χ1v) is 6.64. The quantitative estimate of drug-likeness (QED) is 0.899. The van der Waals surface area contributed by atoms with E-state index in [1.807, 2.05) is 30.2 Å². The molecule has 0 fully saturated rings. The van der Waals surface area contributed by atoms with Crippen LogP contribution < -0.4 is 4.90 Å². The molecule has 96 valence electrons. The number of aliphatic carboxylic acids is 1. The summed E-state index contributed by atoms with van der Waals surface area (Å²) in [5.74, 6) is 0.0309. The average molecular weight is 265 g/mol. The molecule has 0 aliphatic rings. The maximum Gasteiger partial charge on any atom is 0.305 e.